The molecule has 1 aromatic carbocycles. The van der Waals surface area contributed by atoms with Crippen LogP contribution in [0.2, 0.25) is 0 Å². The zero-order chi connectivity index (χ0) is 15.2. The fourth-order valence-electron chi connectivity index (χ4n) is 2.57. The molecule has 0 aliphatic carbocycles. The lowest BCUT2D eigenvalue weighted by molar-refractivity contribution is -0.142. The molecule has 1 saturated heterocycles. The minimum Gasteiger partial charge on any atom is -0.494 e. The molecule has 5 nitrogen and oxygen atoms in total. The van der Waals surface area contributed by atoms with Gasteiger partial charge in [0.05, 0.1) is 13.0 Å². The lowest BCUT2D eigenvalue weighted by atomic mass is 10.1. The summed E-state index contributed by atoms with van der Waals surface area (Å²) in [5, 5.41) is 2.80. The largest absolute Gasteiger partial charge is 0.494 e. The van der Waals surface area contributed by atoms with Crippen LogP contribution in [0, 0.1) is 0 Å². The number of hydrogen-bond acceptors (Lipinski definition) is 3. The van der Waals surface area contributed by atoms with Crippen LogP contribution in [-0.4, -0.2) is 42.5 Å². The van der Waals surface area contributed by atoms with Crippen LogP contribution in [0.15, 0.2) is 24.3 Å². The number of amides is 2. The van der Waals surface area contributed by atoms with E-state index in [1.165, 1.54) is 0 Å². The molecule has 21 heavy (non-hydrogen) atoms. The van der Waals surface area contributed by atoms with Crippen molar-refractivity contribution in [2.45, 2.75) is 32.7 Å². The molecule has 1 atom stereocenters. The molecule has 114 valence electrons. The third-order valence-electron chi connectivity index (χ3n) is 3.63. The van der Waals surface area contributed by atoms with Crippen molar-refractivity contribution in [3.8, 4) is 5.75 Å². The van der Waals surface area contributed by atoms with Crippen LogP contribution in [0.1, 0.15) is 25.8 Å². The van der Waals surface area contributed by atoms with Gasteiger partial charge in [-0.05, 0) is 31.0 Å². The smallest absolute Gasteiger partial charge is 0.242 e. The minimum atomic E-state index is -0.339. The molecule has 1 fully saturated rings. The fraction of sp³-hybridized carbons (Fsp3) is 0.500. The molecule has 0 aromatic heterocycles. The van der Waals surface area contributed by atoms with Crippen LogP contribution < -0.4 is 10.1 Å². The SMILES string of the molecule is CCOc1ccc(CC(=O)N2CCNC(=O)C2CC)cc1. The maximum absolute atomic E-state index is 12.4. The Kier molecular flexibility index (Phi) is 5.20. The number of carbonyl (C=O) groups excluding carboxylic acids is 2. The van der Waals surface area contributed by atoms with E-state index in [2.05, 4.69) is 5.32 Å². The van der Waals surface area contributed by atoms with E-state index in [0.717, 1.165) is 11.3 Å². The zero-order valence-corrected chi connectivity index (χ0v) is 12.6. The Balaban J connectivity index is 2.01. The molecule has 0 saturated carbocycles. The summed E-state index contributed by atoms with van der Waals surface area (Å²) in [7, 11) is 0. The van der Waals surface area contributed by atoms with Gasteiger partial charge in [-0.15, -0.1) is 0 Å². The maximum Gasteiger partial charge on any atom is 0.242 e. The van der Waals surface area contributed by atoms with Crippen molar-refractivity contribution in [3.63, 3.8) is 0 Å². The number of carbonyl (C=O) groups is 2. The van der Waals surface area contributed by atoms with Gasteiger partial charge in [0.15, 0.2) is 0 Å². The Bertz CT molecular complexity index is 499. The number of rotatable bonds is 5. The number of piperazine rings is 1. The van der Waals surface area contributed by atoms with Gasteiger partial charge in [-0.25, -0.2) is 0 Å². The highest BCUT2D eigenvalue weighted by atomic mass is 16.5. The highest BCUT2D eigenvalue weighted by Crippen LogP contribution is 2.15. The van der Waals surface area contributed by atoms with Gasteiger partial charge in [-0.3, -0.25) is 9.59 Å². The van der Waals surface area contributed by atoms with E-state index >= 15 is 0 Å². The standard InChI is InChI=1S/C16H22N2O3/c1-3-14-16(20)17-9-10-18(14)15(19)11-12-5-7-13(8-6-12)21-4-2/h5-8,14H,3-4,9-11H2,1-2H3,(H,17,20). The molecule has 1 aliphatic heterocycles. The summed E-state index contributed by atoms with van der Waals surface area (Å²) in [6.07, 6.45) is 0.955. The van der Waals surface area contributed by atoms with Crippen molar-refractivity contribution in [1.29, 1.82) is 0 Å². The van der Waals surface area contributed by atoms with E-state index in [1.807, 2.05) is 38.1 Å². The summed E-state index contributed by atoms with van der Waals surface area (Å²) in [6, 6.07) is 7.19. The van der Waals surface area contributed by atoms with Crippen molar-refractivity contribution in [2.24, 2.45) is 0 Å². The predicted molar refractivity (Wildman–Crippen MR) is 80.1 cm³/mol. The van der Waals surface area contributed by atoms with E-state index in [1.54, 1.807) is 4.90 Å². The summed E-state index contributed by atoms with van der Waals surface area (Å²) in [5.74, 6) is 0.752. The van der Waals surface area contributed by atoms with E-state index in [-0.39, 0.29) is 17.9 Å². The van der Waals surface area contributed by atoms with Gasteiger partial charge >= 0.3 is 0 Å². The predicted octanol–water partition coefficient (Wildman–Crippen LogP) is 1.36. The Hall–Kier alpha value is -2.04. The van der Waals surface area contributed by atoms with Gasteiger partial charge in [0, 0.05) is 13.1 Å². The van der Waals surface area contributed by atoms with Crippen molar-refractivity contribution in [3.05, 3.63) is 29.8 Å². The normalized spacial score (nSPS) is 18.3. The van der Waals surface area contributed by atoms with Crippen LogP contribution in [0.25, 0.3) is 0 Å². The Morgan fingerprint density at radius 3 is 2.67 bits per heavy atom. The number of benzene rings is 1. The van der Waals surface area contributed by atoms with E-state index in [9.17, 15) is 9.59 Å². The monoisotopic (exact) mass is 290 g/mol. The molecule has 1 unspecified atom stereocenters. The summed E-state index contributed by atoms with van der Waals surface area (Å²) >= 11 is 0. The van der Waals surface area contributed by atoms with Gasteiger partial charge in [0.1, 0.15) is 11.8 Å². The Morgan fingerprint density at radius 2 is 2.05 bits per heavy atom. The second kappa shape index (κ2) is 7.11. The van der Waals surface area contributed by atoms with Gasteiger partial charge in [0.25, 0.3) is 0 Å². The highest BCUT2D eigenvalue weighted by molar-refractivity contribution is 5.89. The Labute approximate surface area is 125 Å². The quantitative estimate of drug-likeness (QED) is 0.891. The molecule has 1 heterocycles. The van der Waals surface area contributed by atoms with Gasteiger partial charge in [0.2, 0.25) is 11.8 Å². The average Bonchev–Trinajstić information content (AvgIpc) is 2.49. The molecule has 5 heteroatoms. The van der Waals surface area contributed by atoms with Crippen LogP contribution in [0.4, 0.5) is 0 Å². The van der Waals surface area contributed by atoms with Crippen LogP contribution in [0.5, 0.6) is 5.75 Å². The first-order valence-corrected chi connectivity index (χ1v) is 7.44. The molecule has 1 N–H and O–H groups in total. The first-order valence-electron chi connectivity index (χ1n) is 7.44. The molecule has 0 bridgehead atoms. The summed E-state index contributed by atoms with van der Waals surface area (Å²) in [4.78, 5) is 25.9. The van der Waals surface area contributed by atoms with Crippen molar-refractivity contribution >= 4 is 11.8 Å². The molecule has 0 radical (unpaired) electrons. The second-order valence-corrected chi connectivity index (χ2v) is 5.06. The maximum atomic E-state index is 12.4. The molecule has 0 spiro atoms. The minimum absolute atomic E-state index is 0.000796. The van der Waals surface area contributed by atoms with E-state index in [4.69, 9.17) is 4.74 Å². The number of nitrogens with one attached hydrogen (secondary N) is 1. The van der Waals surface area contributed by atoms with Crippen LogP contribution >= 0.6 is 0 Å². The van der Waals surface area contributed by atoms with E-state index in [0.29, 0.717) is 32.5 Å². The second-order valence-electron chi connectivity index (χ2n) is 5.06. The molecule has 1 aliphatic rings. The van der Waals surface area contributed by atoms with Crippen molar-refractivity contribution in [2.75, 3.05) is 19.7 Å². The highest BCUT2D eigenvalue weighted by Gasteiger charge is 2.31. The first kappa shape index (κ1) is 15.4. The molecule has 1 aromatic rings. The van der Waals surface area contributed by atoms with Gasteiger partial charge in [-0.2, -0.15) is 0 Å². The summed E-state index contributed by atoms with van der Waals surface area (Å²) in [6.45, 7) is 5.60. The third-order valence-corrected chi connectivity index (χ3v) is 3.63. The lowest BCUT2D eigenvalue weighted by Crippen LogP contribution is -2.57. The van der Waals surface area contributed by atoms with Gasteiger partial charge in [-0.1, -0.05) is 19.1 Å². The molecule has 2 rings (SSSR count). The fourth-order valence-corrected chi connectivity index (χ4v) is 2.57. The van der Waals surface area contributed by atoms with Crippen LogP contribution in [-0.2, 0) is 16.0 Å². The first-order chi connectivity index (χ1) is 10.2. The summed E-state index contributed by atoms with van der Waals surface area (Å²) < 4.78 is 5.38. The van der Waals surface area contributed by atoms with Crippen molar-refractivity contribution < 1.29 is 14.3 Å². The zero-order valence-electron chi connectivity index (χ0n) is 12.6. The lowest BCUT2D eigenvalue weighted by Gasteiger charge is -2.34. The van der Waals surface area contributed by atoms with Crippen molar-refractivity contribution in [1.82, 2.24) is 10.2 Å². The molecular formula is C16H22N2O3. The third kappa shape index (κ3) is 3.74. The topological polar surface area (TPSA) is 58.6 Å². The Morgan fingerprint density at radius 1 is 1.33 bits per heavy atom. The number of nitrogens with zero attached hydrogens (tertiary/aromatic N) is 1. The van der Waals surface area contributed by atoms with Gasteiger partial charge < -0.3 is 15.0 Å². The molecule has 2 amide bonds. The van der Waals surface area contributed by atoms with Crippen LogP contribution in [0.3, 0.4) is 0 Å². The number of ether oxygens (including phenoxy) is 1. The van der Waals surface area contributed by atoms with E-state index < -0.39 is 0 Å². The molecular weight excluding hydrogens is 268 g/mol. The number of hydrogen-bond donors (Lipinski definition) is 1. The summed E-state index contributed by atoms with van der Waals surface area (Å²) in [5.41, 5.74) is 0.935. The average molecular weight is 290 g/mol.